The highest BCUT2D eigenvalue weighted by Gasteiger charge is 2.39. The summed E-state index contributed by atoms with van der Waals surface area (Å²) in [5.74, 6) is 1.68. The van der Waals surface area contributed by atoms with Gasteiger partial charge in [-0.2, -0.15) is 0 Å². The van der Waals surface area contributed by atoms with Crippen LogP contribution in [-0.4, -0.2) is 49.5 Å². The Kier molecular flexibility index (Phi) is 4.27. The van der Waals surface area contributed by atoms with Gasteiger partial charge in [0.2, 0.25) is 0 Å². The van der Waals surface area contributed by atoms with E-state index in [1.54, 1.807) is 18.6 Å². The van der Waals surface area contributed by atoms with Gasteiger partial charge >= 0.3 is 0 Å². The molecule has 29 heavy (non-hydrogen) atoms. The zero-order valence-corrected chi connectivity index (χ0v) is 17.6. The molecule has 6 rings (SSSR count). The largest absolute Gasteiger partial charge is 0.365 e. The SMILES string of the molecule is CC1CC(Nc2nc(-c3cnccn3)nc3sc4c(c23)CCCC4)CN1C1CC1. The van der Waals surface area contributed by atoms with Gasteiger partial charge in [-0.25, -0.2) is 15.0 Å². The van der Waals surface area contributed by atoms with Crippen LogP contribution < -0.4 is 5.32 Å². The summed E-state index contributed by atoms with van der Waals surface area (Å²) < 4.78 is 0. The molecule has 2 aliphatic carbocycles. The Morgan fingerprint density at radius 3 is 2.86 bits per heavy atom. The molecule has 0 amide bonds. The fourth-order valence-corrected chi connectivity index (χ4v) is 6.32. The number of aromatic nitrogens is 4. The van der Waals surface area contributed by atoms with Crippen molar-refractivity contribution in [2.45, 2.75) is 70.0 Å². The summed E-state index contributed by atoms with van der Waals surface area (Å²) in [6.07, 6.45) is 13.9. The van der Waals surface area contributed by atoms with Gasteiger partial charge < -0.3 is 5.32 Å². The summed E-state index contributed by atoms with van der Waals surface area (Å²) >= 11 is 1.85. The van der Waals surface area contributed by atoms with E-state index in [2.05, 4.69) is 27.1 Å². The molecular formula is C22H26N6S. The highest BCUT2D eigenvalue weighted by atomic mass is 32.1. The van der Waals surface area contributed by atoms with Crippen molar-refractivity contribution >= 4 is 27.4 Å². The van der Waals surface area contributed by atoms with Crippen LogP contribution in [0.3, 0.4) is 0 Å². The van der Waals surface area contributed by atoms with E-state index in [0.29, 0.717) is 17.9 Å². The van der Waals surface area contributed by atoms with Crippen LogP contribution >= 0.6 is 11.3 Å². The summed E-state index contributed by atoms with van der Waals surface area (Å²) in [7, 11) is 0. The van der Waals surface area contributed by atoms with Crippen molar-refractivity contribution in [2.75, 3.05) is 11.9 Å². The number of anilines is 1. The average Bonchev–Trinajstić information content (AvgIpc) is 3.42. The maximum atomic E-state index is 4.99. The quantitative estimate of drug-likeness (QED) is 0.705. The van der Waals surface area contributed by atoms with Crippen molar-refractivity contribution in [1.82, 2.24) is 24.8 Å². The molecule has 2 atom stereocenters. The predicted molar refractivity (Wildman–Crippen MR) is 116 cm³/mol. The highest BCUT2D eigenvalue weighted by molar-refractivity contribution is 7.19. The average molecular weight is 407 g/mol. The van der Waals surface area contributed by atoms with Crippen LogP contribution in [0.1, 0.15) is 49.5 Å². The molecule has 3 aliphatic rings. The minimum Gasteiger partial charge on any atom is -0.365 e. The molecule has 0 spiro atoms. The number of aryl methyl sites for hydroxylation is 2. The normalized spacial score (nSPS) is 24.7. The monoisotopic (exact) mass is 406 g/mol. The van der Waals surface area contributed by atoms with Gasteiger partial charge in [-0.1, -0.05) is 0 Å². The lowest BCUT2D eigenvalue weighted by molar-refractivity contribution is 0.257. The number of fused-ring (bicyclic) bond motifs is 3. The summed E-state index contributed by atoms with van der Waals surface area (Å²) in [6, 6.07) is 1.90. The first-order chi connectivity index (χ1) is 14.3. The first-order valence-electron chi connectivity index (χ1n) is 10.9. The third-order valence-corrected chi connectivity index (χ3v) is 7.77. The smallest absolute Gasteiger partial charge is 0.183 e. The number of likely N-dealkylation sites (tertiary alicyclic amines) is 1. The van der Waals surface area contributed by atoms with Gasteiger partial charge in [-0.15, -0.1) is 11.3 Å². The third-order valence-electron chi connectivity index (χ3n) is 6.59. The molecule has 3 aromatic rings. The van der Waals surface area contributed by atoms with Crippen molar-refractivity contribution in [3.8, 4) is 11.5 Å². The molecule has 7 heteroatoms. The van der Waals surface area contributed by atoms with E-state index >= 15 is 0 Å². The molecule has 1 aliphatic heterocycles. The van der Waals surface area contributed by atoms with Gasteiger partial charge in [-0.05, 0) is 57.4 Å². The Morgan fingerprint density at radius 1 is 1.14 bits per heavy atom. The summed E-state index contributed by atoms with van der Waals surface area (Å²) in [5.41, 5.74) is 2.22. The summed E-state index contributed by atoms with van der Waals surface area (Å²) in [6.45, 7) is 3.48. The molecule has 2 unspecified atom stereocenters. The van der Waals surface area contributed by atoms with Crippen LogP contribution in [0.5, 0.6) is 0 Å². The van der Waals surface area contributed by atoms with Gasteiger partial charge in [-0.3, -0.25) is 9.88 Å². The number of rotatable bonds is 4. The maximum absolute atomic E-state index is 4.99. The standard InChI is InChI=1S/C22H26N6S/c1-13-10-14(12-28(13)15-6-7-15)25-21-19-16-4-2-3-5-18(16)29-22(19)27-20(26-21)17-11-23-8-9-24-17/h8-9,11,13-15H,2-7,10,12H2,1H3,(H,25,26,27). The van der Waals surface area contributed by atoms with Crippen LogP contribution in [0, 0.1) is 0 Å². The van der Waals surface area contributed by atoms with Gasteiger partial charge in [0, 0.05) is 41.9 Å². The van der Waals surface area contributed by atoms with Crippen molar-refractivity contribution in [3.63, 3.8) is 0 Å². The lowest BCUT2D eigenvalue weighted by Crippen LogP contribution is -2.31. The van der Waals surface area contributed by atoms with E-state index < -0.39 is 0 Å². The van der Waals surface area contributed by atoms with E-state index in [1.807, 2.05) is 11.3 Å². The number of hydrogen-bond acceptors (Lipinski definition) is 7. The number of nitrogens with zero attached hydrogens (tertiary/aromatic N) is 5. The van der Waals surface area contributed by atoms with Crippen molar-refractivity contribution in [1.29, 1.82) is 0 Å². The Morgan fingerprint density at radius 2 is 2.03 bits per heavy atom. The van der Waals surface area contributed by atoms with Gasteiger partial charge in [0.1, 0.15) is 16.3 Å². The maximum Gasteiger partial charge on any atom is 0.183 e. The van der Waals surface area contributed by atoms with Crippen molar-refractivity contribution < 1.29 is 0 Å². The molecule has 0 radical (unpaired) electrons. The predicted octanol–water partition coefficient (Wildman–Crippen LogP) is 4.06. The Hall–Kier alpha value is -2.12. The molecule has 0 aromatic carbocycles. The molecule has 4 heterocycles. The van der Waals surface area contributed by atoms with Crippen LogP contribution in [0.4, 0.5) is 5.82 Å². The van der Waals surface area contributed by atoms with Crippen LogP contribution in [0.15, 0.2) is 18.6 Å². The molecule has 0 bridgehead atoms. The van der Waals surface area contributed by atoms with E-state index in [1.165, 1.54) is 54.4 Å². The number of thiophene rings is 1. The van der Waals surface area contributed by atoms with Crippen molar-refractivity contribution in [3.05, 3.63) is 29.0 Å². The molecular weight excluding hydrogens is 380 g/mol. The molecule has 1 saturated heterocycles. The Balaban J connectivity index is 1.42. The van der Waals surface area contributed by atoms with Crippen LogP contribution in [0.25, 0.3) is 21.7 Å². The lowest BCUT2D eigenvalue weighted by atomic mass is 9.97. The minimum atomic E-state index is 0.442. The highest BCUT2D eigenvalue weighted by Crippen LogP contribution is 2.40. The fourth-order valence-electron chi connectivity index (χ4n) is 5.06. The molecule has 1 N–H and O–H groups in total. The second-order valence-corrected chi connectivity index (χ2v) is 9.82. The Bertz CT molecular complexity index is 1040. The van der Waals surface area contributed by atoms with Gasteiger partial charge in [0.25, 0.3) is 0 Å². The Labute approximate surface area is 174 Å². The van der Waals surface area contributed by atoms with Crippen LogP contribution in [-0.2, 0) is 12.8 Å². The minimum absolute atomic E-state index is 0.442. The molecule has 6 nitrogen and oxygen atoms in total. The molecule has 3 aromatic heterocycles. The van der Waals surface area contributed by atoms with Crippen LogP contribution in [0.2, 0.25) is 0 Å². The number of nitrogens with one attached hydrogen (secondary N) is 1. The second kappa shape index (κ2) is 6.99. The molecule has 150 valence electrons. The van der Waals surface area contributed by atoms with Gasteiger partial charge in [0.05, 0.1) is 11.6 Å². The van der Waals surface area contributed by atoms with Crippen molar-refractivity contribution in [2.24, 2.45) is 0 Å². The topological polar surface area (TPSA) is 66.8 Å². The second-order valence-electron chi connectivity index (χ2n) is 8.73. The fraction of sp³-hybridized carbons (Fsp3) is 0.545. The number of hydrogen-bond donors (Lipinski definition) is 1. The van der Waals surface area contributed by atoms with E-state index in [4.69, 9.17) is 9.97 Å². The van der Waals surface area contributed by atoms with Gasteiger partial charge in [0.15, 0.2) is 5.82 Å². The lowest BCUT2D eigenvalue weighted by Gasteiger charge is -2.20. The zero-order valence-electron chi connectivity index (χ0n) is 16.8. The van der Waals surface area contributed by atoms with E-state index in [9.17, 15) is 0 Å². The third kappa shape index (κ3) is 3.20. The first kappa shape index (κ1) is 17.7. The first-order valence-corrected chi connectivity index (χ1v) is 11.7. The molecule has 1 saturated carbocycles. The molecule has 2 fully saturated rings. The summed E-state index contributed by atoms with van der Waals surface area (Å²) in [4.78, 5) is 23.8. The van der Waals surface area contributed by atoms with E-state index in [0.717, 1.165) is 35.3 Å². The zero-order chi connectivity index (χ0) is 19.4. The summed E-state index contributed by atoms with van der Waals surface area (Å²) in [5, 5.41) is 5.10. The van der Waals surface area contributed by atoms with E-state index in [-0.39, 0.29) is 0 Å².